The Bertz CT molecular complexity index is 1500. The summed E-state index contributed by atoms with van der Waals surface area (Å²) >= 11 is 6.31. The zero-order valence-electron chi connectivity index (χ0n) is 17.4. The van der Waals surface area contributed by atoms with E-state index in [1.165, 1.54) is 24.5 Å². The summed E-state index contributed by atoms with van der Waals surface area (Å²) in [5, 5.41) is 9.83. The van der Waals surface area contributed by atoms with E-state index in [1.54, 1.807) is 35.0 Å². The molecule has 3 heterocycles. The zero-order chi connectivity index (χ0) is 24.0. The summed E-state index contributed by atoms with van der Waals surface area (Å²) in [6, 6.07) is 9.90. The maximum Gasteiger partial charge on any atom is 0.252 e. The maximum absolute atomic E-state index is 14.0. The van der Waals surface area contributed by atoms with Gasteiger partial charge in [-0.05, 0) is 48.0 Å². The lowest BCUT2D eigenvalue weighted by Gasteiger charge is -2.19. The number of carbonyl (C=O) groups excluding carboxylic acids is 3. The molecule has 1 aliphatic heterocycles. The van der Waals surface area contributed by atoms with Gasteiger partial charge in [-0.2, -0.15) is 5.10 Å². The molecule has 1 aliphatic rings. The number of benzene rings is 2. The first-order chi connectivity index (χ1) is 16.3. The monoisotopic (exact) mass is 478 g/mol. The molecule has 0 saturated carbocycles. The Morgan fingerprint density at radius 2 is 2.00 bits per heavy atom. The van der Waals surface area contributed by atoms with Crippen molar-refractivity contribution in [1.82, 2.24) is 19.9 Å². The fourth-order valence-electron chi connectivity index (χ4n) is 4.01. The van der Waals surface area contributed by atoms with Gasteiger partial charge in [0.2, 0.25) is 11.8 Å². The number of primary amides is 1. The van der Waals surface area contributed by atoms with E-state index < -0.39 is 36.0 Å². The lowest BCUT2D eigenvalue weighted by Crippen LogP contribution is -2.23. The van der Waals surface area contributed by atoms with Crippen molar-refractivity contribution >= 4 is 40.7 Å². The standard InChI is InChI=1S/C23H16ClFN6O3/c24-16-3-2-13(25)7-14(16)22-21-15(23(34)30-22)5-12(6-17(21)29-20(33)8-18(26)32)11-1-4-19-27-10-28-31(19)9-11/h1-7,9-10,22H,8H2,(H2,26,32)(H,29,33)(H,30,34). The van der Waals surface area contributed by atoms with Gasteiger partial charge in [0.15, 0.2) is 5.65 Å². The normalized spacial score (nSPS) is 14.6. The molecule has 11 heteroatoms. The number of aromatic nitrogens is 3. The summed E-state index contributed by atoms with van der Waals surface area (Å²) in [4.78, 5) is 40.8. The van der Waals surface area contributed by atoms with Crippen LogP contribution in [0.1, 0.15) is 33.9 Å². The van der Waals surface area contributed by atoms with E-state index in [1.807, 2.05) is 0 Å². The van der Waals surface area contributed by atoms with Gasteiger partial charge < -0.3 is 16.4 Å². The van der Waals surface area contributed by atoms with E-state index in [2.05, 4.69) is 20.7 Å². The third-order valence-corrected chi connectivity index (χ3v) is 5.82. The summed E-state index contributed by atoms with van der Waals surface area (Å²) < 4.78 is 15.6. The van der Waals surface area contributed by atoms with Crippen LogP contribution in [-0.2, 0) is 9.59 Å². The molecule has 0 radical (unpaired) electrons. The minimum absolute atomic E-state index is 0.245. The Morgan fingerprint density at radius 1 is 1.18 bits per heavy atom. The first-order valence-corrected chi connectivity index (χ1v) is 10.5. The van der Waals surface area contributed by atoms with Crippen molar-refractivity contribution in [2.75, 3.05) is 5.32 Å². The number of fused-ring (bicyclic) bond motifs is 2. The third kappa shape index (κ3) is 3.84. The third-order valence-electron chi connectivity index (χ3n) is 5.47. The smallest absolute Gasteiger partial charge is 0.252 e. The second-order valence-electron chi connectivity index (χ2n) is 7.73. The summed E-state index contributed by atoms with van der Waals surface area (Å²) in [6.45, 7) is 0. The highest BCUT2D eigenvalue weighted by Crippen LogP contribution is 2.41. The maximum atomic E-state index is 14.0. The SMILES string of the molecule is NC(=O)CC(=O)Nc1cc(-c2ccc3ncnn3c2)cc2c1C(c1cc(F)ccc1Cl)NC2=O. The highest BCUT2D eigenvalue weighted by Gasteiger charge is 2.35. The summed E-state index contributed by atoms with van der Waals surface area (Å²) in [6.07, 6.45) is 2.60. The minimum Gasteiger partial charge on any atom is -0.369 e. The number of hydrogen-bond donors (Lipinski definition) is 3. The molecule has 1 unspecified atom stereocenters. The lowest BCUT2D eigenvalue weighted by atomic mass is 9.93. The van der Waals surface area contributed by atoms with Gasteiger partial charge in [-0.15, -0.1) is 0 Å². The van der Waals surface area contributed by atoms with E-state index in [9.17, 15) is 18.8 Å². The Balaban J connectivity index is 1.68. The van der Waals surface area contributed by atoms with Gasteiger partial charge in [-0.1, -0.05) is 11.6 Å². The van der Waals surface area contributed by atoms with Crippen LogP contribution in [-0.4, -0.2) is 32.3 Å². The fraction of sp³-hybridized carbons (Fsp3) is 0.0870. The van der Waals surface area contributed by atoms with E-state index >= 15 is 0 Å². The second-order valence-corrected chi connectivity index (χ2v) is 8.14. The molecule has 4 aromatic rings. The molecule has 2 aromatic heterocycles. The number of carbonyl (C=O) groups is 3. The van der Waals surface area contributed by atoms with Crippen LogP contribution in [0, 0.1) is 5.82 Å². The number of nitrogens with one attached hydrogen (secondary N) is 2. The molecule has 170 valence electrons. The molecule has 5 rings (SSSR count). The van der Waals surface area contributed by atoms with Crippen molar-refractivity contribution in [2.24, 2.45) is 5.73 Å². The van der Waals surface area contributed by atoms with Crippen molar-refractivity contribution in [3.05, 3.63) is 82.5 Å². The van der Waals surface area contributed by atoms with Crippen molar-refractivity contribution in [3.8, 4) is 11.1 Å². The number of nitrogens with two attached hydrogens (primary N) is 1. The van der Waals surface area contributed by atoms with Gasteiger partial charge >= 0.3 is 0 Å². The van der Waals surface area contributed by atoms with Crippen LogP contribution in [0.3, 0.4) is 0 Å². The highest BCUT2D eigenvalue weighted by atomic mass is 35.5. The van der Waals surface area contributed by atoms with E-state index in [4.69, 9.17) is 17.3 Å². The molecular weight excluding hydrogens is 463 g/mol. The first-order valence-electron chi connectivity index (χ1n) is 10.1. The molecule has 4 N–H and O–H groups in total. The first kappa shape index (κ1) is 21.5. The van der Waals surface area contributed by atoms with Crippen LogP contribution in [0.25, 0.3) is 16.8 Å². The average Bonchev–Trinajstić information content (AvgIpc) is 3.39. The van der Waals surface area contributed by atoms with E-state index in [-0.39, 0.29) is 16.3 Å². The summed E-state index contributed by atoms with van der Waals surface area (Å²) in [7, 11) is 0. The van der Waals surface area contributed by atoms with E-state index in [0.29, 0.717) is 27.9 Å². The Labute approximate surface area is 196 Å². The number of amides is 3. The molecule has 2 aromatic carbocycles. The molecule has 0 spiro atoms. The Hall–Kier alpha value is -4.31. The van der Waals surface area contributed by atoms with Crippen molar-refractivity contribution in [1.29, 1.82) is 0 Å². The summed E-state index contributed by atoms with van der Waals surface area (Å²) in [5.41, 5.74) is 8.37. The van der Waals surface area contributed by atoms with E-state index in [0.717, 1.165) is 0 Å². The number of nitrogens with zero attached hydrogens (tertiary/aromatic N) is 3. The molecular formula is C23H16ClFN6O3. The lowest BCUT2D eigenvalue weighted by molar-refractivity contribution is -0.124. The zero-order valence-corrected chi connectivity index (χ0v) is 18.1. The largest absolute Gasteiger partial charge is 0.369 e. The van der Waals surface area contributed by atoms with Crippen molar-refractivity contribution in [2.45, 2.75) is 12.5 Å². The quantitative estimate of drug-likeness (QED) is 0.379. The van der Waals surface area contributed by atoms with Gasteiger partial charge in [-0.25, -0.2) is 13.9 Å². The van der Waals surface area contributed by atoms with Crippen LogP contribution < -0.4 is 16.4 Å². The van der Waals surface area contributed by atoms with Crippen molar-refractivity contribution in [3.63, 3.8) is 0 Å². The molecule has 0 aliphatic carbocycles. The molecule has 9 nitrogen and oxygen atoms in total. The Kier molecular flexibility index (Phi) is 5.21. The molecule has 0 fully saturated rings. The number of halogens is 2. The Morgan fingerprint density at radius 3 is 2.79 bits per heavy atom. The van der Waals surface area contributed by atoms with Crippen molar-refractivity contribution < 1.29 is 18.8 Å². The number of rotatable bonds is 5. The van der Waals surface area contributed by atoms with Gasteiger partial charge in [0, 0.05) is 39.2 Å². The number of hydrogen-bond acceptors (Lipinski definition) is 5. The van der Waals surface area contributed by atoms with Gasteiger partial charge in [0.1, 0.15) is 18.6 Å². The molecule has 3 amide bonds. The van der Waals surface area contributed by atoms with Crippen LogP contribution >= 0.6 is 11.6 Å². The van der Waals surface area contributed by atoms with Crippen LogP contribution in [0.5, 0.6) is 0 Å². The van der Waals surface area contributed by atoms with Gasteiger partial charge in [-0.3, -0.25) is 14.4 Å². The molecule has 1 atom stereocenters. The second kappa shape index (κ2) is 8.23. The van der Waals surface area contributed by atoms with Crippen LogP contribution in [0.2, 0.25) is 5.02 Å². The molecule has 0 saturated heterocycles. The van der Waals surface area contributed by atoms with Gasteiger partial charge in [0.05, 0.1) is 6.04 Å². The molecule has 34 heavy (non-hydrogen) atoms. The minimum atomic E-state index is -0.818. The number of anilines is 1. The highest BCUT2D eigenvalue weighted by molar-refractivity contribution is 6.31. The summed E-state index contributed by atoms with van der Waals surface area (Å²) in [5.74, 6) is -2.41. The van der Waals surface area contributed by atoms with Crippen LogP contribution in [0.4, 0.5) is 10.1 Å². The topological polar surface area (TPSA) is 131 Å². The fourth-order valence-corrected chi connectivity index (χ4v) is 4.24. The predicted octanol–water partition coefficient (Wildman–Crippen LogP) is 2.84. The molecule has 0 bridgehead atoms. The van der Waals surface area contributed by atoms with Crippen LogP contribution in [0.15, 0.2) is 55.0 Å². The average molecular weight is 479 g/mol. The van der Waals surface area contributed by atoms with Gasteiger partial charge in [0.25, 0.3) is 5.91 Å². The number of pyridine rings is 1. The predicted molar refractivity (Wildman–Crippen MR) is 122 cm³/mol.